The molecule has 1 saturated heterocycles. The molecule has 7 nitrogen and oxygen atoms in total. The number of anilines is 1. The molecular formula is C21H28N4O3. The second-order valence-electron chi connectivity index (χ2n) is 7.64. The number of para-hydroxylation sites is 1. The summed E-state index contributed by atoms with van der Waals surface area (Å²) in [7, 11) is 1.34. The van der Waals surface area contributed by atoms with Gasteiger partial charge in [0, 0.05) is 24.4 Å². The Labute approximate surface area is 165 Å². The first-order valence-electron chi connectivity index (χ1n) is 9.77. The number of hydrogen-bond donors (Lipinski definition) is 1. The second kappa shape index (κ2) is 8.54. The van der Waals surface area contributed by atoms with Gasteiger partial charge in [0.2, 0.25) is 11.9 Å². The zero-order chi connectivity index (χ0) is 20.3. The summed E-state index contributed by atoms with van der Waals surface area (Å²) in [5.74, 6) is 0.0824. The molecule has 1 fully saturated rings. The molecule has 1 aliphatic heterocycles. The highest BCUT2D eigenvalue weighted by Crippen LogP contribution is 2.24. The van der Waals surface area contributed by atoms with Crippen LogP contribution in [0.5, 0.6) is 0 Å². The van der Waals surface area contributed by atoms with Crippen LogP contribution in [0.3, 0.4) is 0 Å². The molecule has 2 heterocycles. The van der Waals surface area contributed by atoms with Gasteiger partial charge in [-0.2, -0.15) is 0 Å². The highest BCUT2D eigenvalue weighted by atomic mass is 16.5. The van der Waals surface area contributed by atoms with Crippen molar-refractivity contribution in [3.63, 3.8) is 0 Å². The zero-order valence-electron chi connectivity index (χ0n) is 16.9. The van der Waals surface area contributed by atoms with E-state index in [4.69, 9.17) is 4.74 Å². The van der Waals surface area contributed by atoms with Gasteiger partial charge in [-0.15, -0.1) is 0 Å². The van der Waals surface area contributed by atoms with Gasteiger partial charge in [-0.25, -0.2) is 14.8 Å². The maximum absolute atomic E-state index is 12.6. The molecule has 1 aliphatic rings. The van der Waals surface area contributed by atoms with E-state index in [1.54, 1.807) is 0 Å². The smallest absolute Gasteiger partial charge is 0.328 e. The van der Waals surface area contributed by atoms with E-state index in [2.05, 4.69) is 20.2 Å². The summed E-state index contributed by atoms with van der Waals surface area (Å²) in [5.41, 5.74) is 1.89. The van der Waals surface area contributed by atoms with Crippen LogP contribution in [0.1, 0.15) is 32.4 Å². The Morgan fingerprint density at radius 3 is 2.50 bits per heavy atom. The maximum Gasteiger partial charge on any atom is 0.328 e. The fourth-order valence-electron chi connectivity index (χ4n) is 3.60. The van der Waals surface area contributed by atoms with Crippen molar-refractivity contribution in [2.24, 2.45) is 11.8 Å². The lowest BCUT2D eigenvalue weighted by Gasteiger charge is -2.32. The van der Waals surface area contributed by atoms with Crippen LogP contribution >= 0.6 is 0 Å². The van der Waals surface area contributed by atoms with Crippen LogP contribution in [0.4, 0.5) is 5.95 Å². The third kappa shape index (κ3) is 4.24. The summed E-state index contributed by atoms with van der Waals surface area (Å²) in [6.07, 6.45) is 1.40. The Hall–Kier alpha value is -2.70. The van der Waals surface area contributed by atoms with E-state index in [-0.39, 0.29) is 17.7 Å². The Balaban J connectivity index is 1.64. The lowest BCUT2D eigenvalue weighted by atomic mass is 9.94. The van der Waals surface area contributed by atoms with E-state index in [1.807, 2.05) is 45.0 Å². The molecule has 150 valence electrons. The van der Waals surface area contributed by atoms with Crippen LogP contribution in [0.25, 0.3) is 10.9 Å². The van der Waals surface area contributed by atoms with Gasteiger partial charge in [0.1, 0.15) is 6.04 Å². The van der Waals surface area contributed by atoms with Gasteiger partial charge in [0.25, 0.3) is 0 Å². The molecule has 1 N–H and O–H groups in total. The third-order valence-electron chi connectivity index (χ3n) is 5.35. The number of carbonyl (C=O) groups excluding carboxylic acids is 2. The Morgan fingerprint density at radius 1 is 1.18 bits per heavy atom. The summed E-state index contributed by atoms with van der Waals surface area (Å²) in [6, 6.07) is 7.37. The van der Waals surface area contributed by atoms with Gasteiger partial charge in [-0.05, 0) is 31.7 Å². The number of carbonyl (C=O) groups is 2. The normalized spacial score (nSPS) is 16.2. The largest absolute Gasteiger partial charge is 0.467 e. The highest BCUT2D eigenvalue weighted by Gasteiger charge is 2.31. The van der Waals surface area contributed by atoms with Gasteiger partial charge >= 0.3 is 5.97 Å². The lowest BCUT2D eigenvalue weighted by Crippen LogP contribution is -2.49. The van der Waals surface area contributed by atoms with Crippen LogP contribution in [-0.2, 0) is 14.3 Å². The molecule has 1 amide bonds. The summed E-state index contributed by atoms with van der Waals surface area (Å²) in [4.78, 5) is 36.0. The van der Waals surface area contributed by atoms with Crippen LogP contribution in [0.2, 0.25) is 0 Å². The molecule has 0 aliphatic carbocycles. The number of methoxy groups -OCH3 is 1. The number of benzene rings is 1. The van der Waals surface area contributed by atoms with Gasteiger partial charge < -0.3 is 15.0 Å². The summed E-state index contributed by atoms with van der Waals surface area (Å²) >= 11 is 0. The number of ether oxygens (including phenoxy) is 1. The summed E-state index contributed by atoms with van der Waals surface area (Å²) in [5, 5.41) is 3.92. The molecule has 0 bridgehead atoms. The second-order valence-corrected chi connectivity index (χ2v) is 7.64. The van der Waals surface area contributed by atoms with Crippen molar-refractivity contribution >= 4 is 28.7 Å². The minimum absolute atomic E-state index is 0.0227. The highest BCUT2D eigenvalue weighted by molar-refractivity contribution is 5.86. The number of nitrogens with one attached hydrogen (secondary N) is 1. The Morgan fingerprint density at radius 2 is 1.86 bits per heavy atom. The minimum atomic E-state index is -0.609. The number of piperidine rings is 1. The molecule has 1 atom stereocenters. The quantitative estimate of drug-likeness (QED) is 0.797. The van der Waals surface area contributed by atoms with E-state index in [1.165, 1.54) is 7.11 Å². The standard InChI is InChI=1S/C21H28N4O3/c1-13(2)18(20(27)28-4)24-19(26)15-9-11-25(12-10-15)21-22-14(3)16-7-5-6-8-17(16)23-21/h5-8,13,15,18H,9-12H2,1-4H3,(H,24,26). The first-order valence-corrected chi connectivity index (χ1v) is 9.77. The molecule has 28 heavy (non-hydrogen) atoms. The van der Waals surface area contributed by atoms with Crippen LogP contribution in [0.15, 0.2) is 24.3 Å². The van der Waals surface area contributed by atoms with E-state index in [9.17, 15) is 9.59 Å². The average Bonchev–Trinajstić information content (AvgIpc) is 2.71. The average molecular weight is 384 g/mol. The molecule has 1 unspecified atom stereocenters. The fourth-order valence-corrected chi connectivity index (χ4v) is 3.60. The molecular weight excluding hydrogens is 356 g/mol. The first kappa shape index (κ1) is 20.0. The zero-order valence-corrected chi connectivity index (χ0v) is 16.9. The van der Waals surface area contributed by atoms with Crippen molar-refractivity contribution in [2.75, 3.05) is 25.1 Å². The molecule has 0 radical (unpaired) electrons. The van der Waals surface area contributed by atoms with E-state index >= 15 is 0 Å². The van der Waals surface area contributed by atoms with Crippen LogP contribution < -0.4 is 10.2 Å². The SMILES string of the molecule is COC(=O)C(NC(=O)C1CCN(c2nc(C)c3ccccc3n2)CC1)C(C)C. The number of hydrogen-bond acceptors (Lipinski definition) is 6. The van der Waals surface area contributed by atoms with Crippen LogP contribution in [0, 0.1) is 18.8 Å². The molecule has 7 heteroatoms. The molecule has 0 saturated carbocycles. The third-order valence-corrected chi connectivity index (χ3v) is 5.35. The van der Waals surface area contributed by atoms with Crippen molar-refractivity contribution in [2.45, 2.75) is 39.7 Å². The summed E-state index contributed by atoms with van der Waals surface area (Å²) in [6.45, 7) is 7.20. The number of esters is 1. The number of rotatable bonds is 5. The van der Waals surface area contributed by atoms with Gasteiger partial charge in [-0.1, -0.05) is 32.0 Å². The van der Waals surface area contributed by atoms with Crippen molar-refractivity contribution in [3.8, 4) is 0 Å². The van der Waals surface area contributed by atoms with Crippen molar-refractivity contribution in [3.05, 3.63) is 30.0 Å². The summed E-state index contributed by atoms with van der Waals surface area (Å²) < 4.78 is 4.80. The van der Waals surface area contributed by atoms with Gasteiger partial charge in [0.15, 0.2) is 0 Å². The molecule has 2 aromatic rings. The number of fused-ring (bicyclic) bond motifs is 1. The predicted molar refractivity (Wildman–Crippen MR) is 108 cm³/mol. The molecule has 1 aromatic heterocycles. The monoisotopic (exact) mass is 384 g/mol. The van der Waals surface area contributed by atoms with E-state index < -0.39 is 12.0 Å². The maximum atomic E-state index is 12.6. The number of nitrogens with zero attached hydrogens (tertiary/aromatic N) is 3. The topological polar surface area (TPSA) is 84.4 Å². The number of aryl methyl sites for hydroxylation is 1. The van der Waals surface area contributed by atoms with Gasteiger partial charge in [0.05, 0.1) is 18.3 Å². The van der Waals surface area contributed by atoms with Crippen molar-refractivity contribution in [1.82, 2.24) is 15.3 Å². The Bertz CT molecular complexity index is 860. The molecule has 0 spiro atoms. The lowest BCUT2D eigenvalue weighted by molar-refractivity contribution is -0.147. The van der Waals surface area contributed by atoms with E-state index in [0.717, 1.165) is 16.6 Å². The van der Waals surface area contributed by atoms with Crippen LogP contribution in [-0.4, -0.2) is 48.1 Å². The van der Waals surface area contributed by atoms with Crippen molar-refractivity contribution < 1.29 is 14.3 Å². The molecule has 3 rings (SSSR count). The first-order chi connectivity index (χ1) is 13.4. The predicted octanol–water partition coefficient (Wildman–Crippen LogP) is 2.47. The van der Waals surface area contributed by atoms with E-state index in [0.29, 0.717) is 31.9 Å². The van der Waals surface area contributed by atoms with Crippen molar-refractivity contribution in [1.29, 1.82) is 0 Å². The molecule has 1 aromatic carbocycles. The van der Waals surface area contributed by atoms with Gasteiger partial charge in [-0.3, -0.25) is 4.79 Å². The fraction of sp³-hybridized carbons (Fsp3) is 0.524. The Kier molecular flexibility index (Phi) is 6.11. The number of amides is 1. The number of aromatic nitrogens is 2. The minimum Gasteiger partial charge on any atom is -0.467 e.